The van der Waals surface area contributed by atoms with Gasteiger partial charge in [-0.15, -0.1) is 0 Å². The van der Waals surface area contributed by atoms with Gasteiger partial charge in [-0.3, -0.25) is 0 Å². The highest BCUT2D eigenvalue weighted by atomic mass is 16.5. The van der Waals surface area contributed by atoms with E-state index in [4.69, 9.17) is 4.42 Å². The molecule has 0 saturated carbocycles. The van der Waals surface area contributed by atoms with E-state index in [1.807, 2.05) is 19.1 Å². The van der Waals surface area contributed by atoms with E-state index in [2.05, 4.69) is 10.1 Å². The highest BCUT2D eigenvalue weighted by Gasteiger charge is 2.04. The van der Waals surface area contributed by atoms with Crippen molar-refractivity contribution in [2.45, 2.75) is 13.0 Å². The predicted octanol–water partition coefficient (Wildman–Crippen LogP) is 1.62. The second kappa shape index (κ2) is 5.11. The van der Waals surface area contributed by atoms with E-state index in [-0.39, 0.29) is 12.0 Å². The van der Waals surface area contributed by atoms with Crippen LogP contribution in [0.2, 0.25) is 0 Å². The fourth-order valence-corrected chi connectivity index (χ4v) is 0.948. The smallest absolute Gasteiger partial charge is 0.331 e. The summed E-state index contributed by atoms with van der Waals surface area (Å²) in [5, 5.41) is 2.98. The number of furan rings is 1. The van der Waals surface area contributed by atoms with Gasteiger partial charge in [-0.1, -0.05) is 0 Å². The molecule has 1 heterocycles. The van der Waals surface area contributed by atoms with E-state index in [0.29, 0.717) is 0 Å². The Morgan fingerprint density at radius 2 is 2.50 bits per heavy atom. The molecule has 0 fully saturated rings. The third-order valence-corrected chi connectivity index (χ3v) is 1.74. The van der Waals surface area contributed by atoms with Crippen LogP contribution in [0.5, 0.6) is 0 Å². The lowest BCUT2D eigenvalue weighted by atomic mass is 10.2. The number of carbonyl (C=O) groups excluding carboxylic acids is 1. The first-order valence-electron chi connectivity index (χ1n) is 4.28. The summed E-state index contributed by atoms with van der Waals surface area (Å²) in [6.45, 7) is 1.93. The molecule has 1 aromatic heterocycles. The molecule has 0 aliphatic carbocycles. The highest BCUT2D eigenvalue weighted by Crippen LogP contribution is 2.11. The molecule has 0 aliphatic rings. The van der Waals surface area contributed by atoms with Crippen molar-refractivity contribution in [1.82, 2.24) is 5.32 Å². The van der Waals surface area contributed by atoms with Crippen molar-refractivity contribution in [2.24, 2.45) is 0 Å². The summed E-state index contributed by atoms with van der Waals surface area (Å²) in [5.74, 6) is 0.434. The number of esters is 1. The van der Waals surface area contributed by atoms with Gasteiger partial charge in [0, 0.05) is 12.3 Å². The van der Waals surface area contributed by atoms with Crippen LogP contribution in [0.1, 0.15) is 18.7 Å². The van der Waals surface area contributed by atoms with Gasteiger partial charge in [0.15, 0.2) is 0 Å². The van der Waals surface area contributed by atoms with E-state index in [1.165, 1.54) is 13.2 Å². The molecule has 4 nitrogen and oxygen atoms in total. The van der Waals surface area contributed by atoms with Crippen LogP contribution in [0.25, 0.3) is 0 Å². The molecule has 14 heavy (non-hydrogen) atoms. The molecule has 76 valence electrons. The predicted molar refractivity (Wildman–Crippen MR) is 51.4 cm³/mol. The van der Waals surface area contributed by atoms with Gasteiger partial charge < -0.3 is 14.5 Å². The van der Waals surface area contributed by atoms with Crippen LogP contribution in [-0.4, -0.2) is 13.1 Å². The van der Waals surface area contributed by atoms with Crippen LogP contribution >= 0.6 is 0 Å². The Hall–Kier alpha value is -1.71. The van der Waals surface area contributed by atoms with Crippen molar-refractivity contribution in [2.75, 3.05) is 7.11 Å². The number of hydrogen-bond donors (Lipinski definition) is 1. The maximum absolute atomic E-state index is 10.7. The van der Waals surface area contributed by atoms with Crippen LogP contribution in [-0.2, 0) is 9.53 Å². The molecular formula is C10H13NO3. The van der Waals surface area contributed by atoms with Gasteiger partial charge in [0.05, 0.1) is 19.4 Å². The molecule has 1 rings (SSSR count). The van der Waals surface area contributed by atoms with Gasteiger partial charge >= 0.3 is 5.97 Å². The summed E-state index contributed by atoms with van der Waals surface area (Å²) in [4.78, 5) is 10.7. The average molecular weight is 195 g/mol. The second-order valence-electron chi connectivity index (χ2n) is 2.76. The summed E-state index contributed by atoms with van der Waals surface area (Å²) in [6, 6.07) is 3.71. The number of hydrogen-bond acceptors (Lipinski definition) is 4. The quantitative estimate of drug-likeness (QED) is 0.586. The molecule has 1 aromatic rings. The maximum atomic E-state index is 10.7. The van der Waals surface area contributed by atoms with Crippen molar-refractivity contribution in [1.29, 1.82) is 0 Å². The topological polar surface area (TPSA) is 51.5 Å². The molecule has 0 radical (unpaired) electrons. The Morgan fingerprint density at radius 3 is 3.07 bits per heavy atom. The molecule has 0 bridgehead atoms. The molecule has 1 atom stereocenters. The van der Waals surface area contributed by atoms with Crippen molar-refractivity contribution in [3.63, 3.8) is 0 Å². The van der Waals surface area contributed by atoms with Gasteiger partial charge in [-0.2, -0.15) is 0 Å². The van der Waals surface area contributed by atoms with Crippen LogP contribution in [0.3, 0.4) is 0 Å². The Balaban J connectivity index is 2.39. The average Bonchev–Trinajstić information content (AvgIpc) is 2.70. The monoisotopic (exact) mass is 195 g/mol. The SMILES string of the molecule is COC(=O)/C=C/NC(C)c1ccco1. The van der Waals surface area contributed by atoms with E-state index >= 15 is 0 Å². The van der Waals surface area contributed by atoms with E-state index in [1.54, 1.807) is 12.5 Å². The van der Waals surface area contributed by atoms with Crippen LogP contribution in [0.15, 0.2) is 35.1 Å². The fourth-order valence-electron chi connectivity index (χ4n) is 0.948. The minimum Gasteiger partial charge on any atom is -0.467 e. The molecule has 1 unspecified atom stereocenters. The van der Waals surface area contributed by atoms with Gasteiger partial charge in [-0.05, 0) is 19.1 Å². The summed E-state index contributed by atoms with van der Waals surface area (Å²) in [5.41, 5.74) is 0. The molecule has 0 aliphatic heterocycles. The Bertz CT molecular complexity index is 303. The first-order chi connectivity index (χ1) is 6.74. The molecule has 4 heteroatoms. The zero-order chi connectivity index (χ0) is 10.4. The minimum absolute atomic E-state index is 0.0332. The van der Waals surface area contributed by atoms with E-state index < -0.39 is 0 Å². The van der Waals surface area contributed by atoms with E-state index in [9.17, 15) is 4.79 Å². The molecule has 0 spiro atoms. The zero-order valence-corrected chi connectivity index (χ0v) is 8.19. The largest absolute Gasteiger partial charge is 0.467 e. The van der Waals surface area contributed by atoms with E-state index in [0.717, 1.165) is 5.76 Å². The molecule has 0 amide bonds. The third kappa shape index (κ3) is 2.97. The van der Waals surface area contributed by atoms with Gasteiger partial charge in [0.25, 0.3) is 0 Å². The Morgan fingerprint density at radius 1 is 1.71 bits per heavy atom. The van der Waals surface area contributed by atoms with Gasteiger partial charge in [0.2, 0.25) is 0 Å². The summed E-state index contributed by atoms with van der Waals surface area (Å²) >= 11 is 0. The number of carbonyl (C=O) groups is 1. The minimum atomic E-state index is -0.385. The summed E-state index contributed by atoms with van der Waals surface area (Å²) in [7, 11) is 1.34. The lowest BCUT2D eigenvalue weighted by Crippen LogP contribution is -2.11. The number of ether oxygens (including phenoxy) is 1. The number of rotatable bonds is 4. The van der Waals surface area contributed by atoms with Crippen molar-refractivity contribution in [3.05, 3.63) is 36.4 Å². The first kappa shape index (κ1) is 10.4. The zero-order valence-electron chi connectivity index (χ0n) is 8.19. The summed E-state index contributed by atoms with van der Waals surface area (Å²) < 4.78 is 9.60. The normalized spacial score (nSPS) is 12.7. The second-order valence-corrected chi connectivity index (χ2v) is 2.76. The van der Waals surface area contributed by atoms with Crippen molar-refractivity contribution in [3.8, 4) is 0 Å². The van der Waals surface area contributed by atoms with Crippen LogP contribution < -0.4 is 5.32 Å². The fraction of sp³-hybridized carbons (Fsp3) is 0.300. The molecule has 0 saturated heterocycles. The lowest BCUT2D eigenvalue weighted by molar-refractivity contribution is -0.134. The first-order valence-corrected chi connectivity index (χ1v) is 4.28. The van der Waals surface area contributed by atoms with Crippen LogP contribution in [0, 0.1) is 0 Å². The maximum Gasteiger partial charge on any atom is 0.331 e. The van der Waals surface area contributed by atoms with Gasteiger partial charge in [-0.25, -0.2) is 4.79 Å². The Kier molecular flexibility index (Phi) is 3.79. The Labute approximate surface area is 82.6 Å². The number of methoxy groups -OCH3 is 1. The molecule has 1 N–H and O–H groups in total. The highest BCUT2D eigenvalue weighted by molar-refractivity contribution is 5.81. The standard InChI is InChI=1S/C10H13NO3/c1-8(9-4-3-7-14-9)11-6-5-10(12)13-2/h3-8,11H,1-2H3/b6-5+. The lowest BCUT2D eigenvalue weighted by Gasteiger charge is -2.07. The summed E-state index contributed by atoms with van der Waals surface area (Å²) in [6.07, 6.45) is 4.47. The van der Waals surface area contributed by atoms with Crippen LogP contribution in [0.4, 0.5) is 0 Å². The molecular weight excluding hydrogens is 182 g/mol. The molecule has 0 aromatic carbocycles. The third-order valence-electron chi connectivity index (χ3n) is 1.74. The van der Waals surface area contributed by atoms with Gasteiger partial charge in [0.1, 0.15) is 5.76 Å². The van der Waals surface area contributed by atoms with Crippen molar-refractivity contribution >= 4 is 5.97 Å². The van der Waals surface area contributed by atoms with Crippen molar-refractivity contribution < 1.29 is 13.9 Å². The number of nitrogens with one attached hydrogen (secondary N) is 1.